The Kier molecular flexibility index (Phi) is 3.77. The molecule has 1 unspecified atom stereocenters. The van der Waals surface area contributed by atoms with Gasteiger partial charge in [0, 0.05) is 10.6 Å². The summed E-state index contributed by atoms with van der Waals surface area (Å²) in [5, 5.41) is 0. The molecular formula is C14H14FNOS. The summed E-state index contributed by atoms with van der Waals surface area (Å²) >= 11 is 0. The van der Waals surface area contributed by atoms with Crippen LogP contribution in [0.25, 0.3) is 0 Å². The summed E-state index contributed by atoms with van der Waals surface area (Å²) in [4.78, 5) is 0.714. The second kappa shape index (κ2) is 5.31. The van der Waals surface area contributed by atoms with E-state index in [9.17, 15) is 8.60 Å². The molecular weight excluding hydrogens is 249 g/mol. The molecule has 0 saturated carbocycles. The number of aryl methyl sites for hydroxylation is 1. The maximum absolute atomic E-state index is 13.0. The van der Waals surface area contributed by atoms with E-state index < -0.39 is 10.8 Å². The van der Waals surface area contributed by atoms with E-state index in [4.69, 9.17) is 5.73 Å². The van der Waals surface area contributed by atoms with E-state index in [-0.39, 0.29) is 5.82 Å². The van der Waals surface area contributed by atoms with Crippen LogP contribution in [0.4, 0.5) is 10.1 Å². The van der Waals surface area contributed by atoms with Crippen molar-refractivity contribution in [2.24, 2.45) is 0 Å². The van der Waals surface area contributed by atoms with Crippen LogP contribution >= 0.6 is 0 Å². The molecule has 2 aromatic carbocycles. The average Bonchev–Trinajstić information content (AvgIpc) is 2.32. The second-order valence-corrected chi connectivity index (χ2v) is 5.59. The zero-order chi connectivity index (χ0) is 13.1. The van der Waals surface area contributed by atoms with Gasteiger partial charge in [-0.1, -0.05) is 12.1 Å². The minimum Gasteiger partial charge on any atom is -0.399 e. The van der Waals surface area contributed by atoms with Crippen molar-refractivity contribution in [2.45, 2.75) is 17.6 Å². The number of anilines is 1. The van der Waals surface area contributed by atoms with Crippen LogP contribution in [-0.2, 0) is 16.6 Å². The van der Waals surface area contributed by atoms with Crippen LogP contribution < -0.4 is 5.73 Å². The van der Waals surface area contributed by atoms with Crippen LogP contribution in [0.1, 0.15) is 11.1 Å². The van der Waals surface area contributed by atoms with Gasteiger partial charge in [-0.2, -0.15) is 0 Å². The molecule has 0 aromatic heterocycles. The number of nitrogen functional groups attached to an aromatic ring is 1. The molecule has 0 aliphatic heterocycles. The highest BCUT2D eigenvalue weighted by atomic mass is 32.2. The zero-order valence-electron chi connectivity index (χ0n) is 10.0. The van der Waals surface area contributed by atoms with E-state index in [0.29, 0.717) is 16.3 Å². The maximum atomic E-state index is 13.0. The van der Waals surface area contributed by atoms with Gasteiger partial charge in [-0.25, -0.2) is 4.39 Å². The van der Waals surface area contributed by atoms with Gasteiger partial charge < -0.3 is 5.73 Å². The van der Waals surface area contributed by atoms with Crippen molar-refractivity contribution in [3.63, 3.8) is 0 Å². The van der Waals surface area contributed by atoms with Gasteiger partial charge in [0.2, 0.25) is 0 Å². The number of hydrogen-bond acceptors (Lipinski definition) is 2. The number of benzene rings is 2. The third-order valence-corrected chi connectivity index (χ3v) is 4.07. The molecule has 2 rings (SSSR count). The Morgan fingerprint density at radius 2 is 2.00 bits per heavy atom. The van der Waals surface area contributed by atoms with Crippen molar-refractivity contribution in [3.05, 3.63) is 59.4 Å². The van der Waals surface area contributed by atoms with Gasteiger partial charge in [-0.3, -0.25) is 4.21 Å². The zero-order valence-corrected chi connectivity index (χ0v) is 10.8. The summed E-state index contributed by atoms with van der Waals surface area (Å²) in [7, 11) is -1.18. The van der Waals surface area contributed by atoms with Gasteiger partial charge in [-0.15, -0.1) is 0 Å². The Morgan fingerprint density at radius 1 is 1.22 bits per heavy atom. The highest BCUT2D eigenvalue weighted by molar-refractivity contribution is 7.84. The normalized spacial score (nSPS) is 12.3. The molecule has 0 bridgehead atoms. The highest BCUT2D eigenvalue weighted by Gasteiger charge is 2.07. The molecule has 0 heterocycles. The van der Waals surface area contributed by atoms with Crippen molar-refractivity contribution in [1.29, 1.82) is 0 Å². The lowest BCUT2D eigenvalue weighted by Gasteiger charge is -2.05. The lowest BCUT2D eigenvalue weighted by atomic mass is 10.2. The number of hydrogen-bond donors (Lipinski definition) is 1. The lowest BCUT2D eigenvalue weighted by Crippen LogP contribution is -1.99. The Labute approximate surface area is 108 Å². The smallest absolute Gasteiger partial charge is 0.123 e. The Hall–Kier alpha value is -1.68. The van der Waals surface area contributed by atoms with Crippen LogP contribution in [0.15, 0.2) is 47.4 Å². The molecule has 0 aliphatic rings. The van der Waals surface area contributed by atoms with Gasteiger partial charge in [0.05, 0.1) is 16.6 Å². The van der Waals surface area contributed by atoms with Crippen LogP contribution in [0.3, 0.4) is 0 Å². The minimum atomic E-state index is -1.18. The maximum Gasteiger partial charge on any atom is 0.123 e. The predicted octanol–water partition coefficient (Wildman–Crippen LogP) is 3.02. The standard InChI is InChI=1S/C14H14FNOS/c1-10-7-13(5-6-14(10)16)18(17)9-11-3-2-4-12(15)8-11/h2-8H,9,16H2,1H3. The van der Waals surface area contributed by atoms with Gasteiger partial charge >= 0.3 is 0 Å². The predicted molar refractivity (Wildman–Crippen MR) is 72.1 cm³/mol. The lowest BCUT2D eigenvalue weighted by molar-refractivity contribution is 0.626. The molecule has 0 aliphatic carbocycles. The summed E-state index contributed by atoms with van der Waals surface area (Å²) in [6.45, 7) is 1.87. The first-order chi connectivity index (χ1) is 8.56. The molecule has 1 atom stereocenters. The van der Waals surface area contributed by atoms with Crippen molar-refractivity contribution < 1.29 is 8.60 Å². The van der Waals surface area contributed by atoms with E-state index in [1.165, 1.54) is 12.1 Å². The molecule has 18 heavy (non-hydrogen) atoms. The topological polar surface area (TPSA) is 43.1 Å². The molecule has 0 saturated heterocycles. The third kappa shape index (κ3) is 2.96. The summed E-state index contributed by atoms with van der Waals surface area (Å²) in [6, 6.07) is 11.5. The van der Waals surface area contributed by atoms with E-state index in [1.807, 2.05) is 13.0 Å². The highest BCUT2D eigenvalue weighted by Crippen LogP contribution is 2.18. The number of rotatable bonds is 3. The summed E-state index contributed by atoms with van der Waals surface area (Å²) in [5.74, 6) is -0.000755. The SMILES string of the molecule is Cc1cc(S(=O)Cc2cccc(F)c2)ccc1N. The first-order valence-electron chi connectivity index (χ1n) is 5.55. The second-order valence-electron chi connectivity index (χ2n) is 4.14. The van der Waals surface area contributed by atoms with E-state index in [2.05, 4.69) is 0 Å². The van der Waals surface area contributed by atoms with E-state index in [1.54, 1.807) is 24.3 Å². The first kappa shape index (κ1) is 12.8. The van der Waals surface area contributed by atoms with Crippen molar-refractivity contribution in [1.82, 2.24) is 0 Å². The molecule has 4 heteroatoms. The fraction of sp³-hybridized carbons (Fsp3) is 0.143. The fourth-order valence-corrected chi connectivity index (χ4v) is 2.83. The Bertz CT molecular complexity index is 598. The summed E-state index contributed by atoms with van der Waals surface area (Å²) < 4.78 is 25.2. The fourth-order valence-electron chi connectivity index (χ4n) is 1.65. The molecule has 0 amide bonds. The Balaban J connectivity index is 2.19. The van der Waals surface area contributed by atoms with E-state index in [0.717, 1.165) is 11.1 Å². The third-order valence-electron chi connectivity index (χ3n) is 2.69. The summed E-state index contributed by atoms with van der Waals surface area (Å²) in [6.07, 6.45) is 0. The van der Waals surface area contributed by atoms with Crippen molar-refractivity contribution in [2.75, 3.05) is 5.73 Å². The average molecular weight is 263 g/mol. The molecule has 2 N–H and O–H groups in total. The molecule has 0 spiro atoms. The van der Waals surface area contributed by atoms with Gasteiger partial charge in [0.25, 0.3) is 0 Å². The molecule has 0 radical (unpaired) electrons. The Morgan fingerprint density at radius 3 is 2.67 bits per heavy atom. The van der Waals surface area contributed by atoms with Crippen LogP contribution in [0, 0.1) is 12.7 Å². The van der Waals surface area contributed by atoms with Gasteiger partial charge in [0.1, 0.15) is 5.82 Å². The first-order valence-corrected chi connectivity index (χ1v) is 6.87. The van der Waals surface area contributed by atoms with Crippen LogP contribution in [0.5, 0.6) is 0 Å². The van der Waals surface area contributed by atoms with Crippen LogP contribution in [-0.4, -0.2) is 4.21 Å². The van der Waals surface area contributed by atoms with Gasteiger partial charge in [-0.05, 0) is 48.4 Å². The molecule has 94 valence electrons. The number of halogens is 1. The quantitative estimate of drug-likeness (QED) is 0.865. The minimum absolute atomic E-state index is 0.307. The van der Waals surface area contributed by atoms with Gasteiger partial charge in [0.15, 0.2) is 0 Å². The molecule has 2 nitrogen and oxygen atoms in total. The summed E-state index contributed by atoms with van der Waals surface area (Å²) in [5.41, 5.74) is 8.02. The van der Waals surface area contributed by atoms with E-state index >= 15 is 0 Å². The number of nitrogens with two attached hydrogens (primary N) is 1. The van der Waals surface area contributed by atoms with Crippen molar-refractivity contribution in [3.8, 4) is 0 Å². The molecule has 0 fully saturated rings. The largest absolute Gasteiger partial charge is 0.399 e. The van der Waals surface area contributed by atoms with Crippen molar-refractivity contribution >= 4 is 16.5 Å². The van der Waals surface area contributed by atoms with Crippen LogP contribution in [0.2, 0.25) is 0 Å². The molecule has 2 aromatic rings. The monoisotopic (exact) mass is 263 g/mol.